The molecule has 6 heteroatoms. The number of imidazole rings is 1. The molecule has 108 valence electrons. The minimum atomic E-state index is 0.570. The van der Waals surface area contributed by atoms with E-state index in [0.29, 0.717) is 11.6 Å². The van der Waals surface area contributed by atoms with Crippen LogP contribution in [0.3, 0.4) is 0 Å². The number of aromatic nitrogens is 5. The van der Waals surface area contributed by atoms with Crippen LogP contribution in [0, 0.1) is 25.7 Å². The van der Waals surface area contributed by atoms with Gasteiger partial charge in [0, 0.05) is 36.0 Å². The fourth-order valence-corrected chi connectivity index (χ4v) is 2.13. The molecular weight excluding hydrogens is 342 g/mol. The van der Waals surface area contributed by atoms with Crippen LogP contribution in [-0.2, 0) is 0 Å². The molecule has 0 aliphatic carbocycles. The van der Waals surface area contributed by atoms with Crippen molar-refractivity contribution in [2.45, 2.75) is 13.8 Å². The first-order valence-corrected chi connectivity index (χ1v) is 7.40. The van der Waals surface area contributed by atoms with E-state index >= 15 is 0 Å². The highest BCUT2D eigenvalue weighted by Crippen LogP contribution is 2.10. The maximum Gasteiger partial charge on any atom is 0.235 e. The van der Waals surface area contributed by atoms with Crippen molar-refractivity contribution in [1.29, 1.82) is 0 Å². The zero-order valence-corrected chi connectivity index (χ0v) is 13.7. The molecule has 0 radical (unpaired) electrons. The van der Waals surface area contributed by atoms with E-state index in [1.165, 1.54) is 0 Å². The van der Waals surface area contributed by atoms with Crippen molar-refractivity contribution in [3.05, 3.63) is 64.2 Å². The van der Waals surface area contributed by atoms with E-state index in [4.69, 9.17) is 0 Å². The van der Waals surface area contributed by atoms with Crippen molar-refractivity contribution in [2.75, 3.05) is 0 Å². The molecule has 0 saturated heterocycles. The molecule has 5 nitrogen and oxygen atoms in total. The third-order valence-electron chi connectivity index (χ3n) is 2.94. The topological polar surface area (TPSA) is 56.5 Å². The van der Waals surface area contributed by atoms with Gasteiger partial charge in [-0.15, -0.1) is 0 Å². The SMILES string of the molecule is Cc1cc(C#Cc2cn(-c3ncc(Br)cn3)c(C)n2)ccn1. The second-order valence-electron chi connectivity index (χ2n) is 4.68. The smallest absolute Gasteiger partial charge is 0.235 e. The van der Waals surface area contributed by atoms with Gasteiger partial charge in [0.2, 0.25) is 5.95 Å². The van der Waals surface area contributed by atoms with Gasteiger partial charge in [0.05, 0.1) is 4.47 Å². The number of hydrogen-bond acceptors (Lipinski definition) is 4. The molecule has 0 N–H and O–H groups in total. The third kappa shape index (κ3) is 3.21. The molecule has 3 rings (SSSR count). The minimum absolute atomic E-state index is 0.570. The van der Waals surface area contributed by atoms with Crippen LogP contribution in [0.15, 0.2) is 41.4 Å². The Morgan fingerprint density at radius 1 is 1.09 bits per heavy atom. The summed E-state index contributed by atoms with van der Waals surface area (Å²) in [6, 6.07) is 3.82. The van der Waals surface area contributed by atoms with Crippen molar-refractivity contribution in [2.24, 2.45) is 0 Å². The second-order valence-corrected chi connectivity index (χ2v) is 5.60. The predicted molar refractivity (Wildman–Crippen MR) is 86.5 cm³/mol. The lowest BCUT2D eigenvalue weighted by atomic mass is 10.2. The third-order valence-corrected chi connectivity index (χ3v) is 3.35. The molecule has 0 fully saturated rings. The molecule has 0 aliphatic rings. The first-order chi connectivity index (χ1) is 10.6. The monoisotopic (exact) mass is 353 g/mol. The lowest BCUT2D eigenvalue weighted by Crippen LogP contribution is -2.00. The standard InChI is InChI=1S/C16H12BrN5/c1-11-7-13(5-6-18-11)3-4-15-10-22(12(2)21-15)16-19-8-14(17)9-20-16/h5-10H,1-2H3. The Morgan fingerprint density at radius 3 is 2.59 bits per heavy atom. The Hall–Kier alpha value is -2.52. The molecule has 3 aromatic rings. The summed E-state index contributed by atoms with van der Waals surface area (Å²) in [5.74, 6) is 7.50. The van der Waals surface area contributed by atoms with Gasteiger partial charge < -0.3 is 0 Å². The van der Waals surface area contributed by atoms with Gasteiger partial charge >= 0.3 is 0 Å². The van der Waals surface area contributed by atoms with E-state index in [2.05, 4.69) is 47.7 Å². The lowest BCUT2D eigenvalue weighted by molar-refractivity contribution is 0.880. The van der Waals surface area contributed by atoms with Crippen LogP contribution in [0.2, 0.25) is 0 Å². The van der Waals surface area contributed by atoms with Crippen molar-refractivity contribution in [1.82, 2.24) is 24.5 Å². The maximum atomic E-state index is 4.43. The summed E-state index contributed by atoms with van der Waals surface area (Å²) in [6.45, 7) is 3.84. The zero-order valence-electron chi connectivity index (χ0n) is 12.1. The summed E-state index contributed by atoms with van der Waals surface area (Å²) in [6.07, 6.45) is 6.98. The molecule has 0 spiro atoms. The van der Waals surface area contributed by atoms with E-state index in [0.717, 1.165) is 21.6 Å². The summed E-state index contributed by atoms with van der Waals surface area (Å²) in [5, 5.41) is 0. The van der Waals surface area contributed by atoms with E-state index < -0.39 is 0 Å². The van der Waals surface area contributed by atoms with Gasteiger partial charge in [-0.2, -0.15) is 0 Å². The summed E-state index contributed by atoms with van der Waals surface area (Å²) in [7, 11) is 0. The van der Waals surface area contributed by atoms with Crippen LogP contribution in [0.5, 0.6) is 0 Å². The summed E-state index contributed by atoms with van der Waals surface area (Å²) < 4.78 is 2.65. The van der Waals surface area contributed by atoms with E-state index in [1.54, 1.807) is 18.6 Å². The largest absolute Gasteiger partial charge is 0.271 e. The summed E-state index contributed by atoms with van der Waals surface area (Å²) in [5.41, 5.74) is 2.54. The van der Waals surface area contributed by atoms with Gasteiger partial charge in [0.1, 0.15) is 11.5 Å². The number of aryl methyl sites for hydroxylation is 2. The van der Waals surface area contributed by atoms with Crippen molar-refractivity contribution >= 4 is 15.9 Å². The number of halogens is 1. The Labute approximate surface area is 136 Å². The summed E-state index contributed by atoms with van der Waals surface area (Å²) >= 11 is 3.32. The van der Waals surface area contributed by atoms with E-state index in [-0.39, 0.29) is 0 Å². The van der Waals surface area contributed by atoms with Crippen LogP contribution >= 0.6 is 15.9 Å². The molecule has 3 aromatic heterocycles. The zero-order chi connectivity index (χ0) is 15.5. The fraction of sp³-hybridized carbons (Fsp3) is 0.125. The first-order valence-electron chi connectivity index (χ1n) is 6.60. The highest BCUT2D eigenvalue weighted by molar-refractivity contribution is 9.10. The molecule has 0 unspecified atom stereocenters. The Bertz CT molecular complexity index is 872. The van der Waals surface area contributed by atoms with Gasteiger partial charge in [-0.25, -0.2) is 15.0 Å². The quantitative estimate of drug-likeness (QED) is 0.631. The molecule has 0 amide bonds. The number of rotatable bonds is 1. The van der Waals surface area contributed by atoms with Crippen LogP contribution in [0.4, 0.5) is 0 Å². The second kappa shape index (κ2) is 6.08. The Balaban J connectivity index is 1.91. The average Bonchev–Trinajstić information content (AvgIpc) is 2.87. The van der Waals surface area contributed by atoms with Crippen LogP contribution < -0.4 is 0 Å². The van der Waals surface area contributed by atoms with Crippen molar-refractivity contribution < 1.29 is 0 Å². The van der Waals surface area contributed by atoms with Crippen LogP contribution in [-0.4, -0.2) is 24.5 Å². The molecule has 22 heavy (non-hydrogen) atoms. The Morgan fingerprint density at radius 2 is 1.86 bits per heavy atom. The molecule has 0 atom stereocenters. The molecule has 0 aromatic carbocycles. The summed E-state index contributed by atoms with van der Waals surface area (Å²) in [4.78, 5) is 17.1. The van der Waals surface area contributed by atoms with Crippen molar-refractivity contribution in [3.8, 4) is 17.8 Å². The van der Waals surface area contributed by atoms with E-state index in [9.17, 15) is 0 Å². The van der Waals surface area contributed by atoms with Gasteiger partial charge in [-0.05, 0) is 47.8 Å². The molecule has 3 heterocycles. The number of nitrogens with zero attached hydrogens (tertiary/aromatic N) is 5. The normalized spacial score (nSPS) is 10.1. The highest BCUT2D eigenvalue weighted by Gasteiger charge is 2.06. The van der Waals surface area contributed by atoms with Crippen LogP contribution in [0.25, 0.3) is 5.95 Å². The Kier molecular flexibility index (Phi) is 3.98. The maximum absolute atomic E-state index is 4.43. The molecular formula is C16H12BrN5. The van der Waals surface area contributed by atoms with Gasteiger partial charge in [0.15, 0.2) is 0 Å². The van der Waals surface area contributed by atoms with Gasteiger partial charge in [-0.3, -0.25) is 9.55 Å². The lowest BCUT2D eigenvalue weighted by Gasteiger charge is -2.00. The van der Waals surface area contributed by atoms with E-state index in [1.807, 2.05) is 36.7 Å². The molecule has 0 bridgehead atoms. The highest BCUT2D eigenvalue weighted by atomic mass is 79.9. The molecule has 0 aliphatic heterocycles. The molecule has 0 saturated carbocycles. The predicted octanol–water partition coefficient (Wildman–Crippen LogP) is 2.84. The number of hydrogen-bond donors (Lipinski definition) is 0. The number of pyridine rings is 1. The average molecular weight is 354 g/mol. The van der Waals surface area contributed by atoms with Crippen molar-refractivity contribution in [3.63, 3.8) is 0 Å². The first kappa shape index (κ1) is 14.4. The minimum Gasteiger partial charge on any atom is -0.271 e. The van der Waals surface area contributed by atoms with Gasteiger partial charge in [-0.1, -0.05) is 5.92 Å². The fourth-order valence-electron chi connectivity index (χ4n) is 1.92. The van der Waals surface area contributed by atoms with Crippen LogP contribution in [0.1, 0.15) is 22.8 Å². The van der Waals surface area contributed by atoms with Gasteiger partial charge in [0.25, 0.3) is 0 Å².